The van der Waals surface area contributed by atoms with E-state index in [4.69, 9.17) is 0 Å². The molecule has 0 aliphatic carbocycles. The summed E-state index contributed by atoms with van der Waals surface area (Å²) in [6.45, 7) is 0.436. The van der Waals surface area contributed by atoms with Gasteiger partial charge in [0.25, 0.3) is 5.91 Å². The standard InChI is InChI=1S/C14H12BrFN2O/c15-12-5-2-7-17-13(12)14(19)18-8-6-10-3-1-4-11(16)9-10/h1-5,7,9H,6,8H2,(H,18,19). The molecule has 2 rings (SSSR count). The Kier molecular flexibility index (Phi) is 4.63. The van der Waals surface area contributed by atoms with Crippen molar-refractivity contribution in [3.63, 3.8) is 0 Å². The molecule has 19 heavy (non-hydrogen) atoms. The zero-order valence-corrected chi connectivity index (χ0v) is 11.7. The van der Waals surface area contributed by atoms with Crippen molar-refractivity contribution in [3.05, 3.63) is 64.1 Å². The van der Waals surface area contributed by atoms with E-state index in [1.54, 1.807) is 24.4 Å². The minimum absolute atomic E-state index is 0.246. The van der Waals surface area contributed by atoms with Gasteiger partial charge in [0.2, 0.25) is 0 Å². The monoisotopic (exact) mass is 322 g/mol. The van der Waals surface area contributed by atoms with Crippen LogP contribution < -0.4 is 5.32 Å². The topological polar surface area (TPSA) is 42.0 Å². The zero-order valence-electron chi connectivity index (χ0n) is 10.1. The van der Waals surface area contributed by atoms with Crippen LogP contribution in [-0.4, -0.2) is 17.4 Å². The third-order valence-corrected chi connectivity index (χ3v) is 3.20. The number of rotatable bonds is 4. The van der Waals surface area contributed by atoms with Gasteiger partial charge in [0, 0.05) is 17.2 Å². The molecule has 3 nitrogen and oxygen atoms in total. The number of halogens is 2. The quantitative estimate of drug-likeness (QED) is 0.940. The largest absolute Gasteiger partial charge is 0.350 e. The van der Waals surface area contributed by atoms with E-state index in [1.807, 2.05) is 6.07 Å². The molecular formula is C14H12BrFN2O. The number of carbonyl (C=O) groups excluding carboxylic acids is 1. The van der Waals surface area contributed by atoms with Gasteiger partial charge in [-0.05, 0) is 52.2 Å². The van der Waals surface area contributed by atoms with E-state index in [2.05, 4.69) is 26.2 Å². The van der Waals surface area contributed by atoms with Crippen LogP contribution in [0.2, 0.25) is 0 Å². The highest BCUT2D eigenvalue weighted by Gasteiger charge is 2.09. The lowest BCUT2D eigenvalue weighted by molar-refractivity contribution is 0.0948. The molecule has 0 fully saturated rings. The second-order valence-electron chi connectivity index (χ2n) is 3.97. The molecule has 0 aliphatic rings. The van der Waals surface area contributed by atoms with Crippen LogP contribution >= 0.6 is 15.9 Å². The summed E-state index contributed by atoms with van der Waals surface area (Å²) < 4.78 is 13.6. The molecule has 0 saturated heterocycles. The fraction of sp³-hybridized carbons (Fsp3) is 0.143. The predicted octanol–water partition coefficient (Wildman–Crippen LogP) is 2.96. The van der Waals surface area contributed by atoms with E-state index in [0.29, 0.717) is 23.1 Å². The summed E-state index contributed by atoms with van der Waals surface area (Å²) in [4.78, 5) is 15.8. The Bertz CT molecular complexity index is 589. The first-order valence-corrected chi connectivity index (χ1v) is 6.59. The normalized spacial score (nSPS) is 10.2. The maximum Gasteiger partial charge on any atom is 0.271 e. The molecule has 1 N–H and O–H groups in total. The number of benzene rings is 1. The first-order chi connectivity index (χ1) is 9.16. The second-order valence-corrected chi connectivity index (χ2v) is 4.82. The highest BCUT2D eigenvalue weighted by molar-refractivity contribution is 9.10. The van der Waals surface area contributed by atoms with E-state index in [-0.39, 0.29) is 11.7 Å². The van der Waals surface area contributed by atoms with E-state index < -0.39 is 0 Å². The maximum atomic E-state index is 13.0. The van der Waals surface area contributed by atoms with Gasteiger partial charge >= 0.3 is 0 Å². The molecule has 98 valence electrons. The fourth-order valence-electron chi connectivity index (χ4n) is 1.65. The van der Waals surface area contributed by atoms with Crippen molar-refractivity contribution >= 4 is 21.8 Å². The lowest BCUT2D eigenvalue weighted by Crippen LogP contribution is -2.26. The molecule has 0 radical (unpaired) electrons. The van der Waals surface area contributed by atoms with Gasteiger partial charge in [0.05, 0.1) is 0 Å². The van der Waals surface area contributed by atoms with E-state index in [0.717, 1.165) is 5.56 Å². The fourth-order valence-corrected chi connectivity index (χ4v) is 2.08. The molecule has 0 spiro atoms. The van der Waals surface area contributed by atoms with Crippen molar-refractivity contribution in [2.75, 3.05) is 6.54 Å². The van der Waals surface area contributed by atoms with Crippen LogP contribution in [0.15, 0.2) is 47.1 Å². The summed E-state index contributed by atoms with van der Waals surface area (Å²) in [5, 5.41) is 2.75. The molecular weight excluding hydrogens is 311 g/mol. The molecule has 1 heterocycles. The Hall–Kier alpha value is -1.75. The van der Waals surface area contributed by atoms with Crippen LogP contribution in [0.25, 0.3) is 0 Å². The zero-order chi connectivity index (χ0) is 13.7. The van der Waals surface area contributed by atoms with Gasteiger partial charge in [-0.15, -0.1) is 0 Å². The van der Waals surface area contributed by atoms with Crippen LogP contribution in [0.4, 0.5) is 4.39 Å². The van der Waals surface area contributed by atoms with Gasteiger partial charge in [0.1, 0.15) is 11.5 Å². The summed E-state index contributed by atoms with van der Waals surface area (Å²) in [6.07, 6.45) is 2.14. The minimum atomic E-state index is -0.267. The Morgan fingerprint density at radius 1 is 1.32 bits per heavy atom. The smallest absolute Gasteiger partial charge is 0.271 e. The summed E-state index contributed by atoms with van der Waals surface area (Å²) in [7, 11) is 0. The average Bonchev–Trinajstić information content (AvgIpc) is 2.39. The number of pyridine rings is 1. The lowest BCUT2D eigenvalue weighted by Gasteiger charge is -2.06. The number of nitrogens with one attached hydrogen (secondary N) is 1. The van der Waals surface area contributed by atoms with Crippen molar-refractivity contribution in [1.29, 1.82) is 0 Å². The first-order valence-electron chi connectivity index (χ1n) is 5.80. The van der Waals surface area contributed by atoms with Crippen molar-refractivity contribution in [2.45, 2.75) is 6.42 Å². The van der Waals surface area contributed by atoms with Gasteiger partial charge in [-0.1, -0.05) is 12.1 Å². The third kappa shape index (κ3) is 3.86. The van der Waals surface area contributed by atoms with Gasteiger partial charge in [-0.3, -0.25) is 4.79 Å². The Balaban J connectivity index is 1.90. The van der Waals surface area contributed by atoms with Crippen LogP contribution in [0.1, 0.15) is 16.1 Å². The van der Waals surface area contributed by atoms with Crippen LogP contribution in [0.5, 0.6) is 0 Å². The SMILES string of the molecule is O=C(NCCc1cccc(F)c1)c1ncccc1Br. The average molecular weight is 323 g/mol. The van der Waals surface area contributed by atoms with E-state index >= 15 is 0 Å². The molecule has 1 aromatic heterocycles. The third-order valence-electron chi connectivity index (χ3n) is 2.56. The van der Waals surface area contributed by atoms with Crippen LogP contribution in [-0.2, 0) is 6.42 Å². The number of carbonyl (C=O) groups is 1. The highest BCUT2D eigenvalue weighted by atomic mass is 79.9. The van der Waals surface area contributed by atoms with Crippen LogP contribution in [0, 0.1) is 5.82 Å². The van der Waals surface area contributed by atoms with Crippen molar-refractivity contribution in [3.8, 4) is 0 Å². The van der Waals surface area contributed by atoms with Gasteiger partial charge < -0.3 is 5.32 Å². The van der Waals surface area contributed by atoms with Crippen LogP contribution in [0.3, 0.4) is 0 Å². The molecule has 0 bridgehead atoms. The lowest BCUT2D eigenvalue weighted by atomic mass is 10.1. The molecule has 0 atom stereocenters. The first kappa shape index (κ1) is 13.7. The molecule has 1 aromatic carbocycles. The summed E-state index contributed by atoms with van der Waals surface area (Å²) >= 11 is 3.27. The van der Waals surface area contributed by atoms with Crippen molar-refractivity contribution < 1.29 is 9.18 Å². The highest BCUT2D eigenvalue weighted by Crippen LogP contribution is 2.12. The number of hydrogen-bond donors (Lipinski definition) is 1. The van der Waals surface area contributed by atoms with E-state index in [9.17, 15) is 9.18 Å². The molecule has 2 aromatic rings. The Morgan fingerprint density at radius 2 is 2.16 bits per heavy atom. The summed E-state index contributed by atoms with van der Waals surface area (Å²) in [5.74, 6) is -0.514. The van der Waals surface area contributed by atoms with Gasteiger partial charge in [-0.25, -0.2) is 9.37 Å². The molecule has 5 heteroatoms. The van der Waals surface area contributed by atoms with E-state index in [1.165, 1.54) is 12.1 Å². The summed E-state index contributed by atoms with van der Waals surface area (Å²) in [5.41, 5.74) is 1.20. The molecule has 0 saturated carbocycles. The Labute approximate surface area is 119 Å². The number of nitrogens with zero attached hydrogens (tertiary/aromatic N) is 1. The van der Waals surface area contributed by atoms with Crippen molar-refractivity contribution in [2.24, 2.45) is 0 Å². The Morgan fingerprint density at radius 3 is 2.89 bits per heavy atom. The predicted molar refractivity (Wildman–Crippen MR) is 74.4 cm³/mol. The number of amides is 1. The maximum absolute atomic E-state index is 13.0. The number of aromatic nitrogens is 1. The molecule has 0 aliphatic heterocycles. The summed E-state index contributed by atoms with van der Waals surface area (Å²) in [6, 6.07) is 9.84. The minimum Gasteiger partial charge on any atom is -0.350 e. The number of hydrogen-bond acceptors (Lipinski definition) is 2. The van der Waals surface area contributed by atoms with Gasteiger partial charge in [-0.2, -0.15) is 0 Å². The second kappa shape index (κ2) is 6.43. The van der Waals surface area contributed by atoms with Crippen molar-refractivity contribution in [1.82, 2.24) is 10.3 Å². The molecule has 1 amide bonds. The van der Waals surface area contributed by atoms with Gasteiger partial charge in [0.15, 0.2) is 0 Å². The molecule has 0 unspecified atom stereocenters.